The summed E-state index contributed by atoms with van der Waals surface area (Å²) in [6.45, 7) is 2.04. The van der Waals surface area contributed by atoms with E-state index in [4.69, 9.17) is 0 Å². The van der Waals surface area contributed by atoms with Crippen LogP contribution < -0.4 is 10.2 Å². The molecule has 146 valence electrons. The number of para-hydroxylation sites is 1. The number of hydrogen-bond donors (Lipinski definition) is 1. The molecule has 28 heavy (non-hydrogen) atoms. The Bertz CT molecular complexity index is 859. The molecule has 1 aliphatic heterocycles. The highest BCUT2D eigenvalue weighted by Crippen LogP contribution is 2.44. The highest BCUT2D eigenvalue weighted by Gasteiger charge is 2.35. The molecule has 0 radical (unpaired) electrons. The van der Waals surface area contributed by atoms with Crippen LogP contribution in [0.25, 0.3) is 0 Å². The summed E-state index contributed by atoms with van der Waals surface area (Å²) in [4.78, 5) is 27.3. The summed E-state index contributed by atoms with van der Waals surface area (Å²) in [5.74, 6) is 0.771. The molecule has 4 rings (SSSR count). The zero-order valence-corrected chi connectivity index (χ0v) is 17.0. The lowest BCUT2D eigenvalue weighted by Crippen LogP contribution is -2.29. The van der Waals surface area contributed by atoms with E-state index in [1.165, 1.54) is 12.0 Å². The smallest absolute Gasteiger partial charge is 0.238 e. The maximum Gasteiger partial charge on any atom is 0.238 e. The number of amides is 2. The molecule has 0 bridgehead atoms. The second kappa shape index (κ2) is 8.39. The van der Waals surface area contributed by atoms with Gasteiger partial charge in [0.25, 0.3) is 0 Å². The van der Waals surface area contributed by atoms with Crippen molar-refractivity contribution < 1.29 is 9.59 Å². The Balaban J connectivity index is 1.60. The van der Waals surface area contributed by atoms with E-state index in [2.05, 4.69) is 5.32 Å². The lowest BCUT2D eigenvalue weighted by Gasteiger charge is -2.27. The Hall–Kier alpha value is -2.27. The summed E-state index contributed by atoms with van der Waals surface area (Å²) < 4.78 is 0. The molecule has 1 atom stereocenters. The van der Waals surface area contributed by atoms with Crippen LogP contribution in [0.15, 0.2) is 48.5 Å². The molecule has 5 heteroatoms. The predicted molar refractivity (Wildman–Crippen MR) is 116 cm³/mol. The zero-order chi connectivity index (χ0) is 19.5. The van der Waals surface area contributed by atoms with Gasteiger partial charge in [0.05, 0.1) is 5.75 Å². The summed E-state index contributed by atoms with van der Waals surface area (Å²) in [5, 5.41) is 3.04. The molecule has 2 amide bonds. The van der Waals surface area contributed by atoms with Crippen molar-refractivity contribution in [2.24, 2.45) is 5.92 Å². The fraction of sp³-hybridized carbons (Fsp3) is 0.391. The van der Waals surface area contributed by atoms with Crippen LogP contribution in [-0.4, -0.2) is 17.6 Å². The number of anilines is 2. The van der Waals surface area contributed by atoms with E-state index >= 15 is 0 Å². The molecule has 1 saturated carbocycles. The normalized spacial score (nSPS) is 20.4. The van der Waals surface area contributed by atoms with Gasteiger partial charge in [-0.15, -0.1) is 11.8 Å². The number of carbonyl (C=O) groups excluding carboxylic acids is 2. The van der Waals surface area contributed by atoms with E-state index in [1.807, 2.05) is 60.4 Å². The van der Waals surface area contributed by atoms with Crippen molar-refractivity contribution in [2.45, 2.75) is 44.4 Å². The minimum absolute atomic E-state index is 0.104. The number of hydrogen-bond acceptors (Lipinski definition) is 3. The predicted octanol–water partition coefficient (Wildman–Crippen LogP) is 5.29. The number of carbonyl (C=O) groups is 2. The van der Waals surface area contributed by atoms with Gasteiger partial charge in [0.1, 0.15) is 5.37 Å². The van der Waals surface area contributed by atoms with E-state index in [0.717, 1.165) is 42.6 Å². The third-order valence-electron chi connectivity index (χ3n) is 5.64. The van der Waals surface area contributed by atoms with Crippen molar-refractivity contribution in [3.8, 4) is 0 Å². The van der Waals surface area contributed by atoms with Crippen LogP contribution in [0, 0.1) is 12.8 Å². The quantitative estimate of drug-likeness (QED) is 0.766. The number of thioether (sulfide) groups is 1. The maximum atomic E-state index is 12.8. The fourth-order valence-corrected chi connectivity index (χ4v) is 5.28. The van der Waals surface area contributed by atoms with Crippen molar-refractivity contribution >= 4 is 35.0 Å². The summed E-state index contributed by atoms with van der Waals surface area (Å²) in [6, 6.07) is 15.9. The standard InChI is InChI=1S/C23H26N2O2S/c1-16-11-13-18(14-12-16)25-21(26)15-28-23(25)19-9-5-6-10-20(19)24-22(27)17-7-3-2-4-8-17/h5-6,9-14,17,23H,2-4,7-8,15H2,1H3,(H,24,27)/t23-/m0/s1. The van der Waals surface area contributed by atoms with Gasteiger partial charge in [-0.3, -0.25) is 14.5 Å². The molecule has 0 unspecified atom stereocenters. The number of benzene rings is 2. The van der Waals surface area contributed by atoms with Crippen LogP contribution in [0.4, 0.5) is 11.4 Å². The molecule has 4 nitrogen and oxygen atoms in total. The van der Waals surface area contributed by atoms with Gasteiger partial charge in [-0.2, -0.15) is 0 Å². The van der Waals surface area contributed by atoms with Gasteiger partial charge in [0.15, 0.2) is 0 Å². The monoisotopic (exact) mass is 394 g/mol. The van der Waals surface area contributed by atoms with E-state index < -0.39 is 0 Å². The first kappa shape index (κ1) is 19.1. The topological polar surface area (TPSA) is 49.4 Å². The summed E-state index contributed by atoms with van der Waals surface area (Å²) in [7, 11) is 0. The van der Waals surface area contributed by atoms with Crippen LogP contribution in [0.1, 0.15) is 48.6 Å². The Morgan fingerprint density at radius 2 is 1.75 bits per heavy atom. The van der Waals surface area contributed by atoms with Crippen LogP contribution in [-0.2, 0) is 9.59 Å². The Morgan fingerprint density at radius 3 is 2.50 bits per heavy atom. The summed E-state index contributed by atoms with van der Waals surface area (Å²) >= 11 is 1.61. The maximum absolute atomic E-state index is 12.8. The van der Waals surface area contributed by atoms with Crippen LogP contribution in [0.5, 0.6) is 0 Å². The van der Waals surface area contributed by atoms with Crippen molar-refractivity contribution in [3.05, 3.63) is 59.7 Å². The number of aryl methyl sites for hydroxylation is 1. The molecule has 1 aliphatic carbocycles. The largest absolute Gasteiger partial charge is 0.325 e. The second-order valence-electron chi connectivity index (χ2n) is 7.67. The Morgan fingerprint density at radius 1 is 1.04 bits per heavy atom. The second-order valence-corrected chi connectivity index (χ2v) is 8.74. The molecule has 1 N–H and O–H groups in total. The number of nitrogens with zero attached hydrogens (tertiary/aromatic N) is 1. The van der Waals surface area contributed by atoms with E-state index in [-0.39, 0.29) is 23.1 Å². The van der Waals surface area contributed by atoms with E-state index in [1.54, 1.807) is 11.8 Å². The van der Waals surface area contributed by atoms with Gasteiger partial charge in [0, 0.05) is 22.9 Å². The first-order valence-corrected chi connectivity index (χ1v) is 11.1. The Labute approximate surface area is 170 Å². The lowest BCUT2D eigenvalue weighted by molar-refractivity contribution is -0.120. The van der Waals surface area contributed by atoms with Crippen molar-refractivity contribution in [3.63, 3.8) is 0 Å². The van der Waals surface area contributed by atoms with Gasteiger partial charge >= 0.3 is 0 Å². The van der Waals surface area contributed by atoms with Gasteiger partial charge in [-0.05, 0) is 38.0 Å². The molecule has 2 aromatic rings. The molecule has 0 spiro atoms. The summed E-state index contributed by atoms with van der Waals surface area (Å²) in [5.41, 5.74) is 3.88. The molecule has 2 aromatic carbocycles. The molecule has 2 fully saturated rings. The molecule has 0 aromatic heterocycles. The first-order valence-electron chi connectivity index (χ1n) is 10.0. The van der Waals surface area contributed by atoms with Gasteiger partial charge in [0.2, 0.25) is 11.8 Å². The Kier molecular flexibility index (Phi) is 5.72. The van der Waals surface area contributed by atoms with Crippen molar-refractivity contribution in [2.75, 3.05) is 16.0 Å². The SMILES string of the molecule is Cc1ccc(N2C(=O)CS[C@H]2c2ccccc2NC(=O)C2CCCCC2)cc1. The molecule has 2 aliphatic rings. The highest BCUT2D eigenvalue weighted by atomic mass is 32.2. The van der Waals surface area contributed by atoms with Crippen LogP contribution in [0.3, 0.4) is 0 Å². The van der Waals surface area contributed by atoms with Crippen molar-refractivity contribution in [1.29, 1.82) is 0 Å². The fourth-order valence-electron chi connectivity index (χ4n) is 4.06. The molecular formula is C23H26N2O2S. The average Bonchev–Trinajstić information content (AvgIpc) is 3.11. The third kappa shape index (κ3) is 3.95. The van der Waals surface area contributed by atoms with Gasteiger partial charge in [-0.1, -0.05) is 55.2 Å². The summed E-state index contributed by atoms with van der Waals surface area (Å²) in [6.07, 6.45) is 5.44. The number of rotatable bonds is 4. The number of nitrogens with one attached hydrogen (secondary N) is 1. The van der Waals surface area contributed by atoms with Gasteiger partial charge in [-0.25, -0.2) is 0 Å². The highest BCUT2D eigenvalue weighted by molar-refractivity contribution is 8.00. The van der Waals surface area contributed by atoms with Gasteiger partial charge < -0.3 is 5.32 Å². The average molecular weight is 395 g/mol. The molecular weight excluding hydrogens is 368 g/mol. The molecule has 1 saturated heterocycles. The van der Waals surface area contributed by atoms with Crippen LogP contribution in [0.2, 0.25) is 0 Å². The zero-order valence-electron chi connectivity index (χ0n) is 16.2. The van der Waals surface area contributed by atoms with E-state index in [0.29, 0.717) is 5.75 Å². The molecule has 1 heterocycles. The van der Waals surface area contributed by atoms with Crippen LogP contribution >= 0.6 is 11.8 Å². The van der Waals surface area contributed by atoms with Crippen molar-refractivity contribution in [1.82, 2.24) is 0 Å². The minimum atomic E-state index is -0.127. The van der Waals surface area contributed by atoms with E-state index in [9.17, 15) is 9.59 Å². The first-order chi connectivity index (χ1) is 13.6. The minimum Gasteiger partial charge on any atom is -0.325 e. The third-order valence-corrected chi connectivity index (χ3v) is 6.83. The lowest BCUT2D eigenvalue weighted by atomic mass is 9.88.